The monoisotopic (exact) mass is 335 g/mol. The van der Waals surface area contributed by atoms with Crippen molar-refractivity contribution in [3.05, 3.63) is 78.0 Å². The number of aromatic nitrogens is 1. The molecule has 1 aromatic carbocycles. The minimum atomic E-state index is -0.227. The molecule has 3 rings (SSSR count). The van der Waals surface area contributed by atoms with Crippen molar-refractivity contribution in [2.75, 3.05) is 10.6 Å². The summed E-state index contributed by atoms with van der Waals surface area (Å²) in [6.45, 7) is 4.75. The van der Waals surface area contributed by atoms with Crippen LogP contribution >= 0.6 is 0 Å². The third-order valence-electron chi connectivity index (χ3n) is 3.87. The number of furan rings is 1. The summed E-state index contributed by atoms with van der Waals surface area (Å²) in [5, 5.41) is 6.18. The Bertz CT molecular complexity index is 842. The predicted molar refractivity (Wildman–Crippen MR) is 98.8 cm³/mol. The van der Waals surface area contributed by atoms with E-state index in [4.69, 9.17) is 4.42 Å². The third-order valence-corrected chi connectivity index (χ3v) is 3.87. The zero-order chi connectivity index (χ0) is 17.6. The molecule has 0 atom stereocenters. The average molecular weight is 335 g/mol. The number of carbonyl (C=O) groups excluding carboxylic acids is 1. The molecule has 0 aliphatic carbocycles. The lowest BCUT2D eigenvalue weighted by Crippen LogP contribution is -2.15. The molecule has 128 valence electrons. The summed E-state index contributed by atoms with van der Waals surface area (Å²) >= 11 is 0. The number of pyridine rings is 1. The molecule has 0 bridgehead atoms. The third kappa shape index (κ3) is 4.26. The molecule has 3 aromatic rings. The molecule has 0 unspecified atom stereocenters. The van der Waals surface area contributed by atoms with Crippen LogP contribution in [-0.2, 0) is 6.54 Å². The van der Waals surface area contributed by atoms with E-state index >= 15 is 0 Å². The number of hydrogen-bond donors (Lipinski definition) is 2. The molecular weight excluding hydrogens is 314 g/mol. The Morgan fingerprint density at radius 1 is 1.16 bits per heavy atom. The van der Waals surface area contributed by atoms with Crippen molar-refractivity contribution < 1.29 is 9.21 Å². The van der Waals surface area contributed by atoms with Gasteiger partial charge in [0.05, 0.1) is 12.8 Å². The Balaban J connectivity index is 1.71. The summed E-state index contributed by atoms with van der Waals surface area (Å²) in [4.78, 5) is 16.7. The number of hydrogen-bond acceptors (Lipinski definition) is 4. The highest BCUT2D eigenvalue weighted by atomic mass is 16.3. The van der Waals surface area contributed by atoms with Crippen LogP contribution in [0.4, 0.5) is 11.4 Å². The van der Waals surface area contributed by atoms with Gasteiger partial charge >= 0.3 is 0 Å². The largest absolute Gasteiger partial charge is 0.467 e. The normalized spacial score (nSPS) is 10.7. The summed E-state index contributed by atoms with van der Waals surface area (Å²) in [6, 6.07) is 15.1. The lowest BCUT2D eigenvalue weighted by atomic mass is 10.0. The van der Waals surface area contributed by atoms with Crippen LogP contribution in [0, 0.1) is 0 Å². The van der Waals surface area contributed by atoms with Gasteiger partial charge in [-0.2, -0.15) is 0 Å². The van der Waals surface area contributed by atoms with Gasteiger partial charge in [0, 0.05) is 17.6 Å². The number of benzene rings is 1. The molecule has 0 aliphatic rings. The van der Waals surface area contributed by atoms with Gasteiger partial charge in [0.25, 0.3) is 5.91 Å². The van der Waals surface area contributed by atoms with Crippen LogP contribution in [-0.4, -0.2) is 10.9 Å². The van der Waals surface area contributed by atoms with Gasteiger partial charge in [-0.3, -0.25) is 9.78 Å². The molecule has 0 saturated carbocycles. The van der Waals surface area contributed by atoms with Crippen molar-refractivity contribution in [3.8, 4) is 0 Å². The number of anilines is 2. The van der Waals surface area contributed by atoms with Gasteiger partial charge in [0.2, 0.25) is 0 Å². The van der Waals surface area contributed by atoms with E-state index < -0.39 is 0 Å². The number of carbonyl (C=O) groups is 1. The second-order valence-corrected chi connectivity index (χ2v) is 6.06. The van der Waals surface area contributed by atoms with Crippen LogP contribution in [0.2, 0.25) is 0 Å². The lowest BCUT2D eigenvalue weighted by molar-refractivity contribution is 0.102. The second-order valence-electron chi connectivity index (χ2n) is 6.06. The summed E-state index contributed by atoms with van der Waals surface area (Å²) in [7, 11) is 0. The van der Waals surface area contributed by atoms with E-state index in [2.05, 4.69) is 29.5 Å². The number of para-hydroxylation sites is 1. The van der Waals surface area contributed by atoms with Crippen molar-refractivity contribution >= 4 is 17.3 Å². The van der Waals surface area contributed by atoms with Crippen molar-refractivity contribution in [1.29, 1.82) is 0 Å². The Morgan fingerprint density at radius 3 is 2.76 bits per heavy atom. The van der Waals surface area contributed by atoms with Gasteiger partial charge < -0.3 is 15.1 Å². The molecule has 0 aliphatic heterocycles. The standard InChI is InChI=1S/C20H21N3O2/c1-14(2)17-7-3-4-8-18(17)23-20(24)19-12-15(9-10-21-19)22-13-16-6-5-11-25-16/h3-12,14H,13H2,1-2H3,(H,21,22)(H,23,24). The van der Waals surface area contributed by atoms with Crippen LogP contribution in [0.5, 0.6) is 0 Å². The highest BCUT2D eigenvalue weighted by molar-refractivity contribution is 6.03. The van der Waals surface area contributed by atoms with Gasteiger partial charge in [-0.1, -0.05) is 32.0 Å². The SMILES string of the molecule is CC(C)c1ccccc1NC(=O)c1cc(NCc2ccco2)ccn1. The fourth-order valence-corrected chi connectivity index (χ4v) is 2.57. The second kappa shape index (κ2) is 7.66. The quantitative estimate of drug-likeness (QED) is 0.687. The van der Waals surface area contributed by atoms with E-state index in [1.54, 1.807) is 18.5 Å². The summed E-state index contributed by atoms with van der Waals surface area (Å²) < 4.78 is 5.29. The molecule has 2 heterocycles. The molecule has 2 N–H and O–H groups in total. The Morgan fingerprint density at radius 2 is 2.00 bits per heavy atom. The fourth-order valence-electron chi connectivity index (χ4n) is 2.57. The smallest absolute Gasteiger partial charge is 0.274 e. The van der Waals surface area contributed by atoms with Gasteiger partial charge in [-0.05, 0) is 41.8 Å². The highest BCUT2D eigenvalue weighted by Gasteiger charge is 2.12. The van der Waals surface area contributed by atoms with Gasteiger partial charge in [0.15, 0.2) is 0 Å². The molecule has 2 aromatic heterocycles. The van der Waals surface area contributed by atoms with E-state index in [0.29, 0.717) is 18.2 Å². The van der Waals surface area contributed by atoms with Gasteiger partial charge in [-0.25, -0.2) is 0 Å². The van der Waals surface area contributed by atoms with E-state index in [1.165, 1.54) is 0 Å². The number of amides is 1. The molecule has 0 fully saturated rings. The topological polar surface area (TPSA) is 67.2 Å². The van der Waals surface area contributed by atoms with E-state index in [1.807, 2.05) is 42.5 Å². The summed E-state index contributed by atoms with van der Waals surface area (Å²) in [6.07, 6.45) is 3.25. The minimum Gasteiger partial charge on any atom is -0.467 e. The maximum absolute atomic E-state index is 12.6. The van der Waals surface area contributed by atoms with Crippen LogP contribution in [0.25, 0.3) is 0 Å². The van der Waals surface area contributed by atoms with Crippen molar-refractivity contribution in [2.45, 2.75) is 26.3 Å². The van der Waals surface area contributed by atoms with E-state index in [-0.39, 0.29) is 5.91 Å². The number of nitrogens with one attached hydrogen (secondary N) is 2. The zero-order valence-corrected chi connectivity index (χ0v) is 14.3. The minimum absolute atomic E-state index is 0.227. The van der Waals surface area contributed by atoms with Gasteiger partial charge in [-0.15, -0.1) is 0 Å². The summed E-state index contributed by atoms with van der Waals surface area (Å²) in [5.74, 6) is 0.925. The number of nitrogens with zero attached hydrogens (tertiary/aromatic N) is 1. The van der Waals surface area contributed by atoms with Crippen LogP contribution < -0.4 is 10.6 Å². The predicted octanol–water partition coefficient (Wildman–Crippen LogP) is 4.66. The molecule has 5 nitrogen and oxygen atoms in total. The van der Waals surface area contributed by atoms with E-state index in [0.717, 1.165) is 22.7 Å². The maximum atomic E-state index is 12.6. The molecule has 0 radical (unpaired) electrons. The lowest BCUT2D eigenvalue weighted by Gasteiger charge is -2.13. The molecule has 0 saturated heterocycles. The molecule has 25 heavy (non-hydrogen) atoms. The Kier molecular flexibility index (Phi) is 5.14. The van der Waals surface area contributed by atoms with Crippen molar-refractivity contribution in [2.24, 2.45) is 0 Å². The summed E-state index contributed by atoms with van der Waals surface area (Å²) in [5.41, 5.74) is 3.10. The Labute approximate surface area is 147 Å². The maximum Gasteiger partial charge on any atom is 0.274 e. The zero-order valence-electron chi connectivity index (χ0n) is 14.3. The van der Waals surface area contributed by atoms with Gasteiger partial charge in [0.1, 0.15) is 11.5 Å². The first kappa shape index (κ1) is 16.8. The first-order chi connectivity index (χ1) is 12.1. The Hall–Kier alpha value is -3.08. The molecule has 1 amide bonds. The highest BCUT2D eigenvalue weighted by Crippen LogP contribution is 2.24. The first-order valence-corrected chi connectivity index (χ1v) is 8.26. The van der Waals surface area contributed by atoms with Crippen LogP contribution in [0.1, 0.15) is 41.6 Å². The molecular formula is C20H21N3O2. The first-order valence-electron chi connectivity index (χ1n) is 8.26. The van der Waals surface area contributed by atoms with E-state index in [9.17, 15) is 4.79 Å². The fraction of sp³-hybridized carbons (Fsp3) is 0.200. The van der Waals surface area contributed by atoms with Crippen molar-refractivity contribution in [1.82, 2.24) is 4.98 Å². The molecule has 0 spiro atoms. The number of rotatable bonds is 6. The van der Waals surface area contributed by atoms with Crippen LogP contribution in [0.15, 0.2) is 65.4 Å². The van der Waals surface area contributed by atoms with Crippen molar-refractivity contribution in [3.63, 3.8) is 0 Å². The molecule has 5 heteroatoms. The van der Waals surface area contributed by atoms with Crippen LogP contribution in [0.3, 0.4) is 0 Å². The average Bonchev–Trinajstić information content (AvgIpc) is 3.14.